The minimum absolute atomic E-state index is 0.0103. The zero-order valence-corrected chi connectivity index (χ0v) is 13.3. The van der Waals surface area contributed by atoms with Crippen molar-refractivity contribution < 1.29 is 9.59 Å². The van der Waals surface area contributed by atoms with E-state index in [1.807, 2.05) is 27.7 Å². The van der Waals surface area contributed by atoms with Gasteiger partial charge in [-0.1, -0.05) is 0 Å². The fourth-order valence-electron chi connectivity index (χ4n) is 1.44. The van der Waals surface area contributed by atoms with Gasteiger partial charge >= 0.3 is 0 Å². The molecule has 1 atom stereocenters. The Morgan fingerprint density at radius 1 is 1.32 bits per heavy atom. The zero-order chi connectivity index (χ0) is 14.8. The van der Waals surface area contributed by atoms with Crippen LogP contribution in [0.4, 0.5) is 0 Å². The second-order valence-electron chi connectivity index (χ2n) is 4.95. The van der Waals surface area contributed by atoms with Gasteiger partial charge in [0.1, 0.15) is 0 Å². The molecule has 0 aliphatic heterocycles. The molecule has 1 unspecified atom stereocenters. The van der Waals surface area contributed by atoms with Crippen molar-refractivity contribution in [3.05, 3.63) is 0 Å². The van der Waals surface area contributed by atoms with Gasteiger partial charge in [-0.3, -0.25) is 9.59 Å². The van der Waals surface area contributed by atoms with Crippen LogP contribution in [0.1, 0.15) is 34.1 Å². The van der Waals surface area contributed by atoms with Crippen molar-refractivity contribution in [2.75, 3.05) is 24.6 Å². The summed E-state index contributed by atoms with van der Waals surface area (Å²) in [5, 5.41) is 2.79. The van der Waals surface area contributed by atoms with Crippen molar-refractivity contribution in [2.45, 2.75) is 46.2 Å². The highest BCUT2D eigenvalue weighted by Gasteiger charge is 2.15. The van der Waals surface area contributed by atoms with E-state index in [1.165, 1.54) is 0 Å². The molecule has 2 amide bonds. The summed E-state index contributed by atoms with van der Waals surface area (Å²) in [6.45, 7) is 8.34. The molecule has 0 saturated heterocycles. The summed E-state index contributed by atoms with van der Waals surface area (Å²) >= 11 is 1.57. The van der Waals surface area contributed by atoms with Gasteiger partial charge in [0.15, 0.2) is 0 Å². The summed E-state index contributed by atoms with van der Waals surface area (Å²) in [4.78, 5) is 25.1. The maximum atomic E-state index is 11.9. The molecular weight excluding hydrogens is 262 g/mol. The van der Waals surface area contributed by atoms with Crippen LogP contribution in [0.2, 0.25) is 0 Å². The van der Waals surface area contributed by atoms with E-state index < -0.39 is 0 Å². The fourth-order valence-corrected chi connectivity index (χ4v) is 2.48. The predicted octanol–water partition coefficient (Wildman–Crippen LogP) is 0.830. The molecule has 19 heavy (non-hydrogen) atoms. The lowest BCUT2D eigenvalue weighted by atomic mass is 10.3. The third-order valence-electron chi connectivity index (χ3n) is 2.46. The lowest BCUT2D eigenvalue weighted by Gasteiger charge is -2.21. The number of thioether (sulfide) groups is 1. The molecule has 0 fully saturated rings. The molecular formula is C13H27N3O2S. The van der Waals surface area contributed by atoms with E-state index in [0.717, 1.165) is 12.2 Å². The van der Waals surface area contributed by atoms with Crippen LogP contribution in [-0.4, -0.2) is 53.4 Å². The molecule has 0 bridgehead atoms. The SMILES string of the molecule is CCN(CC(=O)NC(C)C)C(=O)CSCCC(C)N. The highest BCUT2D eigenvalue weighted by atomic mass is 32.2. The Labute approximate surface area is 120 Å². The molecule has 0 heterocycles. The molecule has 0 aromatic carbocycles. The van der Waals surface area contributed by atoms with Crippen LogP contribution >= 0.6 is 11.8 Å². The van der Waals surface area contributed by atoms with Crippen LogP contribution in [-0.2, 0) is 9.59 Å². The number of likely N-dealkylation sites (N-methyl/N-ethyl adjacent to an activating group) is 1. The van der Waals surface area contributed by atoms with Gasteiger partial charge in [-0.15, -0.1) is 0 Å². The summed E-state index contributed by atoms with van der Waals surface area (Å²) in [6, 6.07) is 0.267. The number of nitrogens with one attached hydrogen (secondary N) is 1. The third-order valence-corrected chi connectivity index (χ3v) is 3.44. The number of carbonyl (C=O) groups excluding carboxylic acids is 2. The summed E-state index contributed by atoms with van der Waals surface area (Å²) in [7, 11) is 0. The fraction of sp³-hybridized carbons (Fsp3) is 0.846. The molecule has 0 saturated carbocycles. The van der Waals surface area contributed by atoms with Gasteiger partial charge in [0, 0.05) is 18.6 Å². The van der Waals surface area contributed by atoms with Crippen molar-refractivity contribution >= 4 is 23.6 Å². The number of hydrogen-bond donors (Lipinski definition) is 2. The minimum atomic E-state index is -0.106. The van der Waals surface area contributed by atoms with E-state index in [0.29, 0.717) is 12.3 Å². The maximum absolute atomic E-state index is 11.9. The first-order valence-corrected chi connectivity index (χ1v) is 7.92. The molecule has 6 heteroatoms. The minimum Gasteiger partial charge on any atom is -0.352 e. The van der Waals surface area contributed by atoms with E-state index in [1.54, 1.807) is 16.7 Å². The third kappa shape index (κ3) is 9.78. The molecule has 3 N–H and O–H groups in total. The lowest BCUT2D eigenvalue weighted by molar-refractivity contribution is -0.134. The maximum Gasteiger partial charge on any atom is 0.239 e. The second kappa shape index (κ2) is 10.1. The quantitative estimate of drug-likeness (QED) is 0.617. The van der Waals surface area contributed by atoms with Gasteiger partial charge < -0.3 is 16.0 Å². The van der Waals surface area contributed by atoms with Crippen molar-refractivity contribution in [1.82, 2.24) is 10.2 Å². The molecule has 112 valence electrons. The number of amides is 2. The van der Waals surface area contributed by atoms with Gasteiger partial charge in [-0.25, -0.2) is 0 Å². The zero-order valence-electron chi connectivity index (χ0n) is 12.4. The lowest BCUT2D eigenvalue weighted by Crippen LogP contribution is -2.43. The summed E-state index contributed by atoms with van der Waals surface area (Å²) in [5.41, 5.74) is 5.65. The van der Waals surface area contributed by atoms with E-state index in [-0.39, 0.29) is 30.4 Å². The largest absolute Gasteiger partial charge is 0.352 e. The van der Waals surface area contributed by atoms with Gasteiger partial charge in [-0.2, -0.15) is 11.8 Å². The highest BCUT2D eigenvalue weighted by molar-refractivity contribution is 7.99. The summed E-state index contributed by atoms with van der Waals surface area (Å²) in [6.07, 6.45) is 0.901. The van der Waals surface area contributed by atoms with Gasteiger partial charge in [-0.05, 0) is 39.9 Å². The van der Waals surface area contributed by atoms with E-state index in [4.69, 9.17) is 5.73 Å². The topological polar surface area (TPSA) is 75.4 Å². The normalized spacial score (nSPS) is 12.3. The number of hydrogen-bond acceptors (Lipinski definition) is 4. The van der Waals surface area contributed by atoms with Crippen LogP contribution in [0.25, 0.3) is 0 Å². The van der Waals surface area contributed by atoms with Gasteiger partial charge in [0.2, 0.25) is 11.8 Å². The molecule has 0 radical (unpaired) electrons. The Morgan fingerprint density at radius 2 is 1.95 bits per heavy atom. The van der Waals surface area contributed by atoms with Gasteiger partial charge in [0.25, 0.3) is 0 Å². The summed E-state index contributed by atoms with van der Waals surface area (Å²) in [5.74, 6) is 1.19. The van der Waals surface area contributed by atoms with Crippen LogP contribution in [0, 0.1) is 0 Å². The molecule has 0 aliphatic rings. The number of nitrogens with two attached hydrogens (primary N) is 1. The Balaban J connectivity index is 4.00. The first kappa shape index (κ1) is 18.2. The second-order valence-corrected chi connectivity index (χ2v) is 6.05. The van der Waals surface area contributed by atoms with Crippen LogP contribution in [0.3, 0.4) is 0 Å². The van der Waals surface area contributed by atoms with Crippen LogP contribution < -0.4 is 11.1 Å². The van der Waals surface area contributed by atoms with E-state index in [2.05, 4.69) is 5.32 Å². The molecule has 0 aromatic heterocycles. The van der Waals surface area contributed by atoms with Crippen molar-refractivity contribution in [3.63, 3.8) is 0 Å². The average Bonchev–Trinajstić information content (AvgIpc) is 2.30. The molecule has 0 aromatic rings. The first-order chi connectivity index (χ1) is 8.86. The average molecular weight is 289 g/mol. The Hall–Kier alpha value is -0.750. The van der Waals surface area contributed by atoms with Crippen molar-refractivity contribution in [2.24, 2.45) is 5.73 Å². The monoisotopic (exact) mass is 289 g/mol. The van der Waals surface area contributed by atoms with Gasteiger partial charge in [0.05, 0.1) is 12.3 Å². The molecule has 5 nitrogen and oxygen atoms in total. The highest BCUT2D eigenvalue weighted by Crippen LogP contribution is 2.06. The van der Waals surface area contributed by atoms with Crippen molar-refractivity contribution in [1.29, 1.82) is 0 Å². The number of carbonyl (C=O) groups is 2. The smallest absolute Gasteiger partial charge is 0.239 e. The molecule has 0 aliphatic carbocycles. The first-order valence-electron chi connectivity index (χ1n) is 6.77. The van der Waals surface area contributed by atoms with E-state index in [9.17, 15) is 9.59 Å². The Bertz CT molecular complexity index is 283. The molecule has 0 spiro atoms. The number of rotatable bonds is 9. The Kier molecular flexibility index (Phi) is 9.69. The standard InChI is InChI=1S/C13H27N3O2S/c1-5-16(8-12(17)15-10(2)3)13(18)9-19-7-6-11(4)14/h10-11H,5-9,14H2,1-4H3,(H,15,17). The van der Waals surface area contributed by atoms with E-state index >= 15 is 0 Å². The van der Waals surface area contributed by atoms with Crippen LogP contribution in [0.15, 0.2) is 0 Å². The molecule has 0 rings (SSSR count). The summed E-state index contributed by atoms with van der Waals surface area (Å²) < 4.78 is 0. The predicted molar refractivity (Wildman–Crippen MR) is 81.1 cm³/mol. The Morgan fingerprint density at radius 3 is 2.42 bits per heavy atom. The van der Waals surface area contributed by atoms with Crippen LogP contribution in [0.5, 0.6) is 0 Å². The number of nitrogens with zero attached hydrogens (tertiary/aromatic N) is 1. The van der Waals surface area contributed by atoms with Crippen molar-refractivity contribution in [3.8, 4) is 0 Å².